The molecular formula is C10H10N4S. The Bertz CT molecular complexity index is 515. The molecule has 0 unspecified atom stereocenters. The summed E-state index contributed by atoms with van der Waals surface area (Å²) in [5.74, 6) is 0. The molecule has 0 aliphatic rings. The molecule has 4 nitrogen and oxygen atoms in total. The number of rotatable bonds is 2. The van der Waals surface area contributed by atoms with Crippen LogP contribution in [0.15, 0.2) is 35.6 Å². The predicted octanol–water partition coefficient (Wildman–Crippen LogP) is 1.33. The van der Waals surface area contributed by atoms with Crippen LogP contribution in [0.2, 0.25) is 0 Å². The van der Waals surface area contributed by atoms with Gasteiger partial charge in [0.25, 0.3) is 0 Å². The van der Waals surface area contributed by atoms with Gasteiger partial charge in [-0.2, -0.15) is 5.10 Å². The van der Waals surface area contributed by atoms with Crippen LogP contribution in [0, 0.1) is 0 Å². The monoisotopic (exact) mass is 218 g/mol. The van der Waals surface area contributed by atoms with Gasteiger partial charge in [0.05, 0.1) is 11.7 Å². The van der Waals surface area contributed by atoms with E-state index < -0.39 is 0 Å². The maximum atomic E-state index is 5.25. The van der Waals surface area contributed by atoms with Gasteiger partial charge in [-0.05, 0) is 18.3 Å². The highest BCUT2D eigenvalue weighted by Gasteiger charge is 1.97. The second-order valence-corrected chi connectivity index (χ2v) is 3.46. The van der Waals surface area contributed by atoms with Crippen molar-refractivity contribution >= 4 is 34.4 Å². The van der Waals surface area contributed by atoms with Crippen LogP contribution >= 0.6 is 12.2 Å². The number of hydrazone groups is 1. The van der Waals surface area contributed by atoms with Crippen LogP contribution in [0.4, 0.5) is 0 Å². The highest BCUT2D eigenvalue weighted by atomic mass is 32.1. The number of para-hydroxylation sites is 1. The van der Waals surface area contributed by atoms with E-state index in [4.69, 9.17) is 5.73 Å². The summed E-state index contributed by atoms with van der Waals surface area (Å²) >= 11 is 4.64. The fourth-order valence-electron chi connectivity index (χ4n) is 1.38. The van der Waals surface area contributed by atoms with Gasteiger partial charge in [0.2, 0.25) is 0 Å². The van der Waals surface area contributed by atoms with Crippen molar-refractivity contribution in [3.63, 3.8) is 0 Å². The average molecular weight is 218 g/mol. The number of aromatic amines is 1. The molecule has 76 valence electrons. The van der Waals surface area contributed by atoms with Gasteiger partial charge in [-0.1, -0.05) is 18.2 Å². The third kappa shape index (κ3) is 2.13. The molecular weight excluding hydrogens is 208 g/mol. The van der Waals surface area contributed by atoms with Gasteiger partial charge < -0.3 is 10.7 Å². The van der Waals surface area contributed by atoms with Gasteiger partial charge in [-0.25, -0.2) is 0 Å². The van der Waals surface area contributed by atoms with Crippen molar-refractivity contribution in [2.45, 2.75) is 0 Å². The summed E-state index contributed by atoms with van der Waals surface area (Å²) in [6.45, 7) is 0. The third-order valence-corrected chi connectivity index (χ3v) is 2.09. The van der Waals surface area contributed by atoms with E-state index in [1.807, 2.05) is 30.5 Å². The zero-order valence-electron chi connectivity index (χ0n) is 7.90. The molecule has 15 heavy (non-hydrogen) atoms. The highest BCUT2D eigenvalue weighted by molar-refractivity contribution is 7.80. The van der Waals surface area contributed by atoms with Gasteiger partial charge in [0.1, 0.15) is 0 Å². The molecule has 0 radical (unpaired) electrons. The largest absolute Gasteiger partial charge is 0.375 e. The molecule has 2 rings (SSSR count). The minimum Gasteiger partial charge on any atom is -0.375 e. The van der Waals surface area contributed by atoms with E-state index >= 15 is 0 Å². The lowest BCUT2D eigenvalue weighted by Gasteiger charge is -1.97. The van der Waals surface area contributed by atoms with Crippen molar-refractivity contribution in [2.75, 3.05) is 0 Å². The first-order valence-electron chi connectivity index (χ1n) is 4.42. The number of hydrogen-bond donors (Lipinski definition) is 3. The first kappa shape index (κ1) is 9.67. The van der Waals surface area contributed by atoms with Crippen molar-refractivity contribution in [3.8, 4) is 0 Å². The Morgan fingerprint density at radius 2 is 2.33 bits per heavy atom. The van der Waals surface area contributed by atoms with Crippen molar-refractivity contribution < 1.29 is 0 Å². The molecule has 0 aliphatic carbocycles. The van der Waals surface area contributed by atoms with Gasteiger partial charge in [0.15, 0.2) is 5.11 Å². The standard InChI is InChI=1S/C10H10N4S/c11-10(15)14-13-6-8-3-1-2-7-4-5-12-9(7)8/h1-6,12H,(H3,11,14,15). The Balaban J connectivity index is 2.31. The van der Waals surface area contributed by atoms with Gasteiger partial charge in [0, 0.05) is 17.1 Å². The predicted molar refractivity (Wildman–Crippen MR) is 65.8 cm³/mol. The topological polar surface area (TPSA) is 66.2 Å². The first-order chi connectivity index (χ1) is 7.27. The zero-order valence-corrected chi connectivity index (χ0v) is 8.71. The number of nitrogens with one attached hydrogen (secondary N) is 2. The SMILES string of the molecule is NC(=S)NN=Cc1cccc2cc[nH]c12. The summed E-state index contributed by atoms with van der Waals surface area (Å²) in [5, 5.41) is 5.21. The number of nitrogens with two attached hydrogens (primary N) is 1. The summed E-state index contributed by atoms with van der Waals surface area (Å²) in [4.78, 5) is 3.14. The van der Waals surface area contributed by atoms with E-state index in [1.54, 1.807) is 6.21 Å². The van der Waals surface area contributed by atoms with E-state index in [1.165, 1.54) is 0 Å². The molecule has 0 saturated heterocycles. The van der Waals surface area contributed by atoms with Crippen LogP contribution < -0.4 is 11.2 Å². The molecule has 0 aliphatic heterocycles. The van der Waals surface area contributed by atoms with Crippen LogP contribution in [0.25, 0.3) is 10.9 Å². The average Bonchev–Trinajstić information content (AvgIpc) is 2.65. The van der Waals surface area contributed by atoms with Crippen LogP contribution in [0.3, 0.4) is 0 Å². The van der Waals surface area contributed by atoms with Crippen LogP contribution in [0.1, 0.15) is 5.56 Å². The summed E-state index contributed by atoms with van der Waals surface area (Å²) < 4.78 is 0. The number of fused-ring (bicyclic) bond motifs is 1. The maximum absolute atomic E-state index is 5.25. The second-order valence-electron chi connectivity index (χ2n) is 3.02. The van der Waals surface area contributed by atoms with Crippen molar-refractivity contribution in [1.29, 1.82) is 0 Å². The number of H-pyrrole nitrogens is 1. The zero-order chi connectivity index (χ0) is 10.7. The molecule has 1 aromatic heterocycles. The normalized spacial score (nSPS) is 10.9. The van der Waals surface area contributed by atoms with E-state index in [9.17, 15) is 0 Å². The maximum Gasteiger partial charge on any atom is 0.184 e. The van der Waals surface area contributed by atoms with Gasteiger partial charge in [-0.3, -0.25) is 5.43 Å². The smallest absolute Gasteiger partial charge is 0.184 e. The Labute approximate surface area is 92.2 Å². The Kier molecular flexibility index (Phi) is 2.64. The molecule has 0 fully saturated rings. The summed E-state index contributed by atoms with van der Waals surface area (Å²) in [6.07, 6.45) is 3.57. The number of thiocarbonyl (C=S) groups is 1. The lowest BCUT2D eigenvalue weighted by Crippen LogP contribution is -2.24. The molecule has 0 spiro atoms. The van der Waals surface area contributed by atoms with E-state index in [-0.39, 0.29) is 5.11 Å². The lowest BCUT2D eigenvalue weighted by molar-refractivity contribution is 1.04. The minimum atomic E-state index is 0.157. The van der Waals surface area contributed by atoms with E-state index in [0.717, 1.165) is 16.5 Å². The molecule has 0 atom stereocenters. The Morgan fingerprint density at radius 1 is 1.47 bits per heavy atom. The quantitative estimate of drug-likeness (QED) is 0.405. The number of hydrogen-bond acceptors (Lipinski definition) is 2. The third-order valence-electron chi connectivity index (χ3n) is 2.00. The van der Waals surface area contributed by atoms with E-state index in [2.05, 4.69) is 27.7 Å². The van der Waals surface area contributed by atoms with Crippen molar-refractivity contribution in [1.82, 2.24) is 10.4 Å². The Hall–Kier alpha value is -1.88. The minimum absolute atomic E-state index is 0.157. The second kappa shape index (κ2) is 4.10. The Morgan fingerprint density at radius 3 is 3.13 bits per heavy atom. The summed E-state index contributed by atoms with van der Waals surface area (Å²) in [6, 6.07) is 7.97. The molecule has 2 aromatic rings. The summed E-state index contributed by atoms with van der Waals surface area (Å²) in [7, 11) is 0. The number of aromatic nitrogens is 1. The van der Waals surface area contributed by atoms with E-state index in [0.29, 0.717) is 0 Å². The summed E-state index contributed by atoms with van der Waals surface area (Å²) in [5.41, 5.74) is 9.80. The molecule has 4 N–H and O–H groups in total. The highest BCUT2D eigenvalue weighted by Crippen LogP contribution is 2.14. The molecule has 0 bridgehead atoms. The van der Waals surface area contributed by atoms with Crippen molar-refractivity contribution in [3.05, 3.63) is 36.0 Å². The number of nitrogens with zero attached hydrogens (tertiary/aromatic N) is 1. The molecule has 1 heterocycles. The number of benzene rings is 1. The van der Waals surface area contributed by atoms with Gasteiger partial charge >= 0.3 is 0 Å². The first-order valence-corrected chi connectivity index (χ1v) is 4.83. The lowest BCUT2D eigenvalue weighted by atomic mass is 10.2. The fraction of sp³-hybridized carbons (Fsp3) is 0. The molecule has 0 amide bonds. The fourth-order valence-corrected chi connectivity index (χ4v) is 1.43. The van der Waals surface area contributed by atoms with Crippen LogP contribution in [0.5, 0.6) is 0 Å². The molecule has 1 aromatic carbocycles. The van der Waals surface area contributed by atoms with Crippen LogP contribution in [-0.4, -0.2) is 16.3 Å². The van der Waals surface area contributed by atoms with Crippen molar-refractivity contribution in [2.24, 2.45) is 10.8 Å². The van der Waals surface area contributed by atoms with Gasteiger partial charge in [-0.15, -0.1) is 0 Å². The molecule has 5 heteroatoms. The molecule has 0 saturated carbocycles. The van der Waals surface area contributed by atoms with Crippen LogP contribution in [-0.2, 0) is 0 Å².